The minimum Gasteiger partial charge on any atom is -0.379 e. The van der Waals surface area contributed by atoms with Gasteiger partial charge >= 0.3 is 0 Å². The minimum atomic E-state index is 0.591. The molecule has 0 saturated carbocycles. The molecule has 0 bridgehead atoms. The lowest BCUT2D eigenvalue weighted by atomic mass is 9.99. The number of morpholine rings is 1. The van der Waals surface area contributed by atoms with Crippen LogP contribution in [-0.4, -0.2) is 49.8 Å². The number of piperidine rings is 1. The van der Waals surface area contributed by atoms with Gasteiger partial charge in [-0.2, -0.15) is 0 Å². The molecule has 0 radical (unpaired) electrons. The zero-order valence-corrected chi connectivity index (χ0v) is 10.6. The van der Waals surface area contributed by atoms with Gasteiger partial charge in [-0.25, -0.2) is 0 Å². The first kappa shape index (κ1) is 12.3. The van der Waals surface area contributed by atoms with Gasteiger partial charge in [0.15, 0.2) is 0 Å². The molecule has 2 rings (SSSR count). The SMILES string of the molecule is CCC1CCCCN1CCC1COCCN1. The average Bonchev–Trinajstić information content (AvgIpc) is 2.38. The Kier molecular flexibility index (Phi) is 5.07. The molecule has 3 nitrogen and oxygen atoms in total. The molecular weight excluding hydrogens is 200 g/mol. The van der Waals surface area contributed by atoms with E-state index < -0.39 is 0 Å². The fraction of sp³-hybridized carbons (Fsp3) is 1.00. The lowest BCUT2D eigenvalue weighted by Gasteiger charge is -2.36. The average molecular weight is 226 g/mol. The largest absolute Gasteiger partial charge is 0.379 e. The second-order valence-corrected chi connectivity index (χ2v) is 5.11. The lowest BCUT2D eigenvalue weighted by Crippen LogP contribution is -2.45. The highest BCUT2D eigenvalue weighted by molar-refractivity contribution is 4.78. The van der Waals surface area contributed by atoms with Crippen LogP contribution in [0.1, 0.15) is 39.0 Å². The molecule has 2 heterocycles. The third-order valence-electron chi connectivity index (χ3n) is 3.98. The van der Waals surface area contributed by atoms with E-state index in [1.165, 1.54) is 45.2 Å². The van der Waals surface area contributed by atoms with Gasteiger partial charge in [-0.1, -0.05) is 13.3 Å². The molecule has 2 unspecified atom stereocenters. The summed E-state index contributed by atoms with van der Waals surface area (Å²) in [5.74, 6) is 0. The predicted octanol–water partition coefficient (Wildman–Crippen LogP) is 1.63. The number of rotatable bonds is 4. The maximum atomic E-state index is 5.49. The van der Waals surface area contributed by atoms with Gasteiger partial charge in [0.2, 0.25) is 0 Å². The van der Waals surface area contributed by atoms with E-state index in [1.807, 2.05) is 0 Å². The molecule has 0 amide bonds. The summed E-state index contributed by atoms with van der Waals surface area (Å²) in [6.07, 6.45) is 6.79. The van der Waals surface area contributed by atoms with Crippen molar-refractivity contribution >= 4 is 0 Å². The van der Waals surface area contributed by atoms with E-state index in [9.17, 15) is 0 Å². The molecule has 0 aromatic rings. The smallest absolute Gasteiger partial charge is 0.0620 e. The van der Waals surface area contributed by atoms with E-state index in [2.05, 4.69) is 17.1 Å². The molecule has 2 atom stereocenters. The van der Waals surface area contributed by atoms with Gasteiger partial charge in [-0.05, 0) is 38.8 Å². The zero-order valence-electron chi connectivity index (χ0n) is 10.6. The van der Waals surface area contributed by atoms with Crippen LogP contribution >= 0.6 is 0 Å². The number of nitrogens with zero attached hydrogens (tertiary/aromatic N) is 1. The van der Waals surface area contributed by atoms with Crippen molar-refractivity contribution < 1.29 is 4.74 Å². The molecule has 16 heavy (non-hydrogen) atoms. The van der Waals surface area contributed by atoms with Crippen LogP contribution in [0, 0.1) is 0 Å². The summed E-state index contributed by atoms with van der Waals surface area (Å²) < 4.78 is 5.49. The molecule has 1 N–H and O–H groups in total. The van der Waals surface area contributed by atoms with E-state index >= 15 is 0 Å². The summed E-state index contributed by atoms with van der Waals surface area (Å²) in [5, 5.41) is 3.54. The first-order valence-electron chi connectivity index (χ1n) is 6.95. The topological polar surface area (TPSA) is 24.5 Å². The van der Waals surface area contributed by atoms with Crippen LogP contribution in [0.4, 0.5) is 0 Å². The Morgan fingerprint density at radius 1 is 1.38 bits per heavy atom. The first-order valence-corrected chi connectivity index (χ1v) is 6.95. The standard InChI is InChI=1S/C13H26N2O/c1-2-13-5-3-4-8-15(13)9-6-12-11-16-10-7-14-12/h12-14H,2-11H2,1H3. The predicted molar refractivity (Wildman–Crippen MR) is 66.7 cm³/mol. The molecule has 2 aliphatic heterocycles. The Bertz CT molecular complexity index is 192. The highest BCUT2D eigenvalue weighted by atomic mass is 16.5. The van der Waals surface area contributed by atoms with Crippen molar-refractivity contribution in [2.75, 3.05) is 32.8 Å². The van der Waals surface area contributed by atoms with Crippen LogP contribution in [0.5, 0.6) is 0 Å². The second kappa shape index (κ2) is 6.58. The quantitative estimate of drug-likeness (QED) is 0.788. The van der Waals surface area contributed by atoms with Gasteiger partial charge in [-0.15, -0.1) is 0 Å². The first-order chi connectivity index (χ1) is 7.90. The van der Waals surface area contributed by atoms with Gasteiger partial charge in [0.05, 0.1) is 13.2 Å². The van der Waals surface area contributed by atoms with Crippen molar-refractivity contribution in [3.63, 3.8) is 0 Å². The summed E-state index contributed by atoms with van der Waals surface area (Å²) in [4.78, 5) is 2.69. The van der Waals surface area contributed by atoms with E-state index in [0.717, 1.165) is 25.8 Å². The summed E-state index contributed by atoms with van der Waals surface area (Å²) in [5.41, 5.74) is 0. The van der Waals surface area contributed by atoms with Crippen molar-refractivity contribution in [1.82, 2.24) is 10.2 Å². The fourth-order valence-electron chi connectivity index (χ4n) is 2.94. The third-order valence-corrected chi connectivity index (χ3v) is 3.98. The van der Waals surface area contributed by atoms with Gasteiger partial charge in [0.25, 0.3) is 0 Å². The number of ether oxygens (including phenoxy) is 1. The monoisotopic (exact) mass is 226 g/mol. The van der Waals surface area contributed by atoms with Crippen molar-refractivity contribution in [3.05, 3.63) is 0 Å². The van der Waals surface area contributed by atoms with Crippen molar-refractivity contribution in [2.45, 2.75) is 51.1 Å². The Hall–Kier alpha value is -0.120. The zero-order chi connectivity index (χ0) is 11.2. The summed E-state index contributed by atoms with van der Waals surface area (Å²) in [6, 6.07) is 1.44. The maximum absolute atomic E-state index is 5.49. The summed E-state index contributed by atoms with van der Waals surface area (Å²) in [7, 11) is 0. The maximum Gasteiger partial charge on any atom is 0.0620 e. The van der Waals surface area contributed by atoms with Gasteiger partial charge in [0, 0.05) is 18.6 Å². The van der Waals surface area contributed by atoms with E-state index in [4.69, 9.17) is 4.74 Å². The van der Waals surface area contributed by atoms with Crippen molar-refractivity contribution in [3.8, 4) is 0 Å². The number of hydrogen-bond acceptors (Lipinski definition) is 3. The molecule has 0 spiro atoms. The van der Waals surface area contributed by atoms with E-state index in [-0.39, 0.29) is 0 Å². The van der Waals surface area contributed by atoms with Gasteiger partial charge < -0.3 is 15.0 Å². The van der Waals surface area contributed by atoms with Crippen LogP contribution in [0.15, 0.2) is 0 Å². The number of hydrogen-bond donors (Lipinski definition) is 1. The molecule has 3 heteroatoms. The fourth-order valence-corrected chi connectivity index (χ4v) is 2.94. The van der Waals surface area contributed by atoms with Crippen LogP contribution in [0.2, 0.25) is 0 Å². The minimum absolute atomic E-state index is 0.591. The van der Waals surface area contributed by atoms with Gasteiger partial charge in [0.1, 0.15) is 0 Å². The third kappa shape index (κ3) is 3.44. The summed E-state index contributed by atoms with van der Waals surface area (Å²) in [6.45, 7) is 7.71. The Morgan fingerprint density at radius 2 is 2.31 bits per heavy atom. The van der Waals surface area contributed by atoms with Crippen molar-refractivity contribution in [1.29, 1.82) is 0 Å². The second-order valence-electron chi connectivity index (χ2n) is 5.11. The Morgan fingerprint density at radius 3 is 3.06 bits per heavy atom. The normalized spacial score (nSPS) is 32.8. The van der Waals surface area contributed by atoms with E-state index in [0.29, 0.717) is 6.04 Å². The highest BCUT2D eigenvalue weighted by Gasteiger charge is 2.22. The lowest BCUT2D eigenvalue weighted by molar-refractivity contribution is 0.0635. The molecule has 0 aromatic carbocycles. The summed E-state index contributed by atoms with van der Waals surface area (Å²) >= 11 is 0. The molecule has 0 aliphatic carbocycles. The molecular formula is C13H26N2O. The van der Waals surface area contributed by atoms with E-state index in [1.54, 1.807) is 0 Å². The van der Waals surface area contributed by atoms with Gasteiger partial charge in [-0.3, -0.25) is 0 Å². The molecule has 94 valence electrons. The van der Waals surface area contributed by atoms with Crippen LogP contribution in [-0.2, 0) is 4.74 Å². The number of likely N-dealkylation sites (tertiary alicyclic amines) is 1. The Labute approximate surface area is 99.5 Å². The molecule has 2 aliphatic rings. The Balaban J connectivity index is 1.70. The molecule has 2 saturated heterocycles. The molecule has 2 fully saturated rings. The van der Waals surface area contributed by atoms with Crippen molar-refractivity contribution in [2.24, 2.45) is 0 Å². The van der Waals surface area contributed by atoms with Crippen LogP contribution < -0.4 is 5.32 Å². The highest BCUT2D eigenvalue weighted by Crippen LogP contribution is 2.19. The van der Waals surface area contributed by atoms with Crippen LogP contribution in [0.25, 0.3) is 0 Å². The van der Waals surface area contributed by atoms with Crippen LogP contribution in [0.3, 0.4) is 0 Å². The molecule has 0 aromatic heterocycles. The number of nitrogens with one attached hydrogen (secondary N) is 1.